The summed E-state index contributed by atoms with van der Waals surface area (Å²) in [6.07, 6.45) is 2.10. The number of nitrogens with one attached hydrogen (secondary N) is 1. The van der Waals surface area contributed by atoms with Gasteiger partial charge in [0.2, 0.25) is 0 Å². The zero-order valence-corrected chi connectivity index (χ0v) is 7.61. The lowest BCUT2D eigenvalue weighted by atomic mass is 9.91. The summed E-state index contributed by atoms with van der Waals surface area (Å²) in [5, 5.41) is 2.56. The maximum atomic E-state index is 10.2. The first-order chi connectivity index (χ1) is 4.92. The highest BCUT2D eigenvalue weighted by atomic mass is 16.2. The molecule has 0 aromatic heterocycles. The quantitative estimate of drug-likeness (QED) is 0.600. The van der Waals surface area contributed by atoms with Gasteiger partial charge in [-0.25, -0.2) is 4.79 Å². The van der Waals surface area contributed by atoms with Crippen LogP contribution in [-0.2, 0) is 0 Å². The molecular formula is C8H18N2O. The number of amides is 2. The Morgan fingerprint density at radius 1 is 1.45 bits per heavy atom. The van der Waals surface area contributed by atoms with Crippen LogP contribution in [0.1, 0.15) is 33.6 Å². The van der Waals surface area contributed by atoms with Gasteiger partial charge in [0, 0.05) is 6.54 Å². The van der Waals surface area contributed by atoms with E-state index in [9.17, 15) is 4.79 Å². The summed E-state index contributed by atoms with van der Waals surface area (Å²) in [5.41, 5.74) is 5.24. The van der Waals surface area contributed by atoms with Gasteiger partial charge < -0.3 is 11.1 Å². The number of hydrogen-bond donors (Lipinski definition) is 2. The van der Waals surface area contributed by atoms with Crippen LogP contribution in [0.15, 0.2) is 0 Å². The molecule has 0 fully saturated rings. The van der Waals surface area contributed by atoms with E-state index < -0.39 is 6.03 Å². The Morgan fingerprint density at radius 2 is 2.00 bits per heavy atom. The van der Waals surface area contributed by atoms with Crippen LogP contribution in [0.2, 0.25) is 0 Å². The molecule has 0 spiro atoms. The van der Waals surface area contributed by atoms with E-state index >= 15 is 0 Å². The molecule has 0 rings (SSSR count). The summed E-state index contributed by atoms with van der Waals surface area (Å²) in [7, 11) is 0. The Kier molecular flexibility index (Phi) is 3.93. The van der Waals surface area contributed by atoms with Crippen LogP contribution >= 0.6 is 0 Å². The van der Waals surface area contributed by atoms with Crippen LogP contribution < -0.4 is 11.1 Å². The number of rotatable bonds is 3. The van der Waals surface area contributed by atoms with Crippen molar-refractivity contribution in [3.05, 3.63) is 0 Å². The van der Waals surface area contributed by atoms with Crippen LogP contribution in [-0.4, -0.2) is 12.6 Å². The second-order valence-corrected chi connectivity index (χ2v) is 3.96. The fourth-order valence-electron chi connectivity index (χ4n) is 0.830. The molecule has 0 aromatic rings. The van der Waals surface area contributed by atoms with E-state index in [1.165, 1.54) is 0 Å². The van der Waals surface area contributed by atoms with Crippen molar-refractivity contribution in [3.63, 3.8) is 0 Å². The molecule has 3 nitrogen and oxygen atoms in total. The topological polar surface area (TPSA) is 55.1 Å². The number of urea groups is 1. The highest BCUT2D eigenvalue weighted by Gasteiger charge is 2.08. The Morgan fingerprint density at radius 3 is 2.36 bits per heavy atom. The van der Waals surface area contributed by atoms with Crippen molar-refractivity contribution in [2.24, 2.45) is 11.1 Å². The normalized spacial score (nSPS) is 11.2. The summed E-state index contributed by atoms with van der Waals surface area (Å²) in [6, 6.07) is -0.432. The van der Waals surface area contributed by atoms with E-state index in [1.54, 1.807) is 0 Å². The van der Waals surface area contributed by atoms with Gasteiger partial charge >= 0.3 is 6.03 Å². The third-order valence-corrected chi connectivity index (χ3v) is 1.40. The largest absolute Gasteiger partial charge is 0.352 e. The predicted molar refractivity (Wildman–Crippen MR) is 46.3 cm³/mol. The van der Waals surface area contributed by atoms with Crippen molar-refractivity contribution in [2.75, 3.05) is 6.54 Å². The zero-order valence-electron chi connectivity index (χ0n) is 7.61. The van der Waals surface area contributed by atoms with Gasteiger partial charge in [-0.15, -0.1) is 0 Å². The second kappa shape index (κ2) is 4.21. The summed E-state index contributed by atoms with van der Waals surface area (Å²) in [6.45, 7) is 7.22. The first-order valence-electron chi connectivity index (χ1n) is 3.95. The van der Waals surface area contributed by atoms with Crippen molar-refractivity contribution in [2.45, 2.75) is 33.6 Å². The lowest BCUT2D eigenvalue weighted by molar-refractivity contribution is 0.248. The summed E-state index contributed by atoms with van der Waals surface area (Å²) >= 11 is 0. The van der Waals surface area contributed by atoms with Crippen LogP contribution in [0.3, 0.4) is 0 Å². The van der Waals surface area contributed by atoms with Gasteiger partial charge in [0.15, 0.2) is 0 Å². The van der Waals surface area contributed by atoms with E-state index in [2.05, 4.69) is 26.1 Å². The number of nitrogens with two attached hydrogens (primary N) is 1. The van der Waals surface area contributed by atoms with Crippen molar-refractivity contribution in [1.29, 1.82) is 0 Å². The molecule has 0 unspecified atom stereocenters. The van der Waals surface area contributed by atoms with Crippen molar-refractivity contribution in [1.82, 2.24) is 5.32 Å². The minimum atomic E-state index is -0.432. The molecule has 0 aliphatic heterocycles. The molecule has 11 heavy (non-hydrogen) atoms. The zero-order chi connectivity index (χ0) is 8.91. The third-order valence-electron chi connectivity index (χ3n) is 1.40. The number of carbonyl (C=O) groups excluding carboxylic acids is 1. The molecule has 0 bridgehead atoms. The molecule has 2 amide bonds. The lowest BCUT2D eigenvalue weighted by Gasteiger charge is -2.17. The Bertz CT molecular complexity index is 127. The van der Waals surface area contributed by atoms with Crippen LogP contribution in [0.25, 0.3) is 0 Å². The molecule has 0 saturated heterocycles. The summed E-state index contributed by atoms with van der Waals surface area (Å²) < 4.78 is 0. The van der Waals surface area contributed by atoms with E-state index in [-0.39, 0.29) is 0 Å². The Labute approximate surface area is 68.3 Å². The number of primary amides is 1. The molecular weight excluding hydrogens is 140 g/mol. The Hall–Kier alpha value is -0.730. The molecule has 0 heterocycles. The fraction of sp³-hybridized carbons (Fsp3) is 0.875. The average Bonchev–Trinajstić information content (AvgIpc) is 1.78. The smallest absolute Gasteiger partial charge is 0.312 e. The predicted octanol–water partition coefficient (Wildman–Crippen LogP) is 1.48. The molecule has 0 aromatic carbocycles. The summed E-state index contributed by atoms with van der Waals surface area (Å²) in [4.78, 5) is 10.2. The number of hydrogen-bond acceptors (Lipinski definition) is 1. The molecule has 0 aliphatic rings. The second-order valence-electron chi connectivity index (χ2n) is 3.96. The minimum absolute atomic E-state index is 0.347. The highest BCUT2D eigenvalue weighted by molar-refractivity contribution is 5.71. The van der Waals surface area contributed by atoms with E-state index in [1.807, 2.05) is 0 Å². The third kappa shape index (κ3) is 9.27. The molecule has 0 aliphatic carbocycles. The van der Waals surface area contributed by atoms with Crippen molar-refractivity contribution in [3.8, 4) is 0 Å². The summed E-state index contributed by atoms with van der Waals surface area (Å²) in [5.74, 6) is 0. The molecule has 66 valence electrons. The van der Waals surface area contributed by atoms with Crippen LogP contribution in [0.5, 0.6) is 0 Å². The van der Waals surface area contributed by atoms with Crippen molar-refractivity contribution < 1.29 is 4.79 Å². The first kappa shape index (κ1) is 10.3. The van der Waals surface area contributed by atoms with Crippen LogP contribution in [0, 0.1) is 5.41 Å². The van der Waals surface area contributed by atoms with Gasteiger partial charge in [0.1, 0.15) is 0 Å². The lowest BCUT2D eigenvalue weighted by Crippen LogP contribution is -2.30. The van der Waals surface area contributed by atoms with Gasteiger partial charge in [-0.2, -0.15) is 0 Å². The standard InChI is InChI=1S/C8H18N2O/c1-8(2,3)5-4-6-10-7(9)11/h4-6H2,1-3H3,(H3,9,10,11). The van der Waals surface area contributed by atoms with E-state index in [4.69, 9.17) is 5.73 Å². The fourth-order valence-corrected chi connectivity index (χ4v) is 0.830. The minimum Gasteiger partial charge on any atom is -0.352 e. The first-order valence-corrected chi connectivity index (χ1v) is 3.95. The molecule has 0 saturated carbocycles. The average molecular weight is 158 g/mol. The van der Waals surface area contributed by atoms with Crippen molar-refractivity contribution >= 4 is 6.03 Å². The molecule has 3 heteroatoms. The van der Waals surface area contributed by atoms with Gasteiger partial charge in [0.25, 0.3) is 0 Å². The van der Waals surface area contributed by atoms with Gasteiger partial charge in [-0.05, 0) is 18.3 Å². The highest BCUT2D eigenvalue weighted by Crippen LogP contribution is 2.19. The maximum absolute atomic E-state index is 10.2. The monoisotopic (exact) mass is 158 g/mol. The Balaban J connectivity index is 3.22. The molecule has 0 atom stereocenters. The molecule has 0 radical (unpaired) electrons. The van der Waals surface area contributed by atoms with Gasteiger partial charge in [-0.1, -0.05) is 20.8 Å². The maximum Gasteiger partial charge on any atom is 0.312 e. The number of carbonyl (C=O) groups is 1. The molecule has 3 N–H and O–H groups in total. The van der Waals surface area contributed by atoms with E-state index in [0.29, 0.717) is 12.0 Å². The van der Waals surface area contributed by atoms with Crippen LogP contribution in [0.4, 0.5) is 4.79 Å². The van der Waals surface area contributed by atoms with E-state index in [0.717, 1.165) is 12.8 Å². The van der Waals surface area contributed by atoms with Gasteiger partial charge in [0.05, 0.1) is 0 Å². The SMILES string of the molecule is CC(C)(C)CCCNC(N)=O. The van der Waals surface area contributed by atoms with Gasteiger partial charge in [-0.3, -0.25) is 0 Å².